The lowest BCUT2D eigenvalue weighted by atomic mass is 9.89. The van der Waals surface area contributed by atoms with Crippen molar-refractivity contribution in [2.75, 3.05) is 0 Å². The normalized spacial score (nSPS) is 12.3. The average molecular weight is 413 g/mol. The van der Waals surface area contributed by atoms with E-state index in [0.717, 1.165) is 35.1 Å². The minimum atomic E-state index is -3.57. The summed E-state index contributed by atoms with van der Waals surface area (Å²) in [7, 11) is -3.57. The lowest BCUT2D eigenvalue weighted by Gasteiger charge is -2.17. The van der Waals surface area contributed by atoms with E-state index in [1.54, 1.807) is 24.3 Å². The van der Waals surface area contributed by atoms with Crippen molar-refractivity contribution >= 4 is 21.2 Å². The molecule has 0 amide bonds. The molecule has 0 fully saturated rings. The Bertz CT molecular complexity index is 1070. The Morgan fingerprint density at radius 2 is 1.50 bits per heavy atom. The lowest BCUT2D eigenvalue weighted by Crippen LogP contribution is -2.06. The molecule has 0 N–H and O–H groups in total. The first kappa shape index (κ1) is 20.8. The van der Waals surface area contributed by atoms with E-state index in [4.69, 9.17) is 0 Å². The van der Waals surface area contributed by atoms with Crippen LogP contribution in [0.15, 0.2) is 63.7 Å². The molecule has 0 saturated heterocycles. The molecule has 0 aliphatic carbocycles. The van der Waals surface area contributed by atoms with E-state index >= 15 is 0 Å². The van der Waals surface area contributed by atoms with Gasteiger partial charge in [-0.05, 0) is 60.9 Å². The zero-order valence-corrected chi connectivity index (χ0v) is 18.9. The van der Waals surface area contributed by atoms with Gasteiger partial charge in [0, 0.05) is 10.4 Å². The first-order valence-electron chi connectivity index (χ1n) is 9.59. The molecule has 28 heavy (non-hydrogen) atoms. The van der Waals surface area contributed by atoms with Crippen LogP contribution in [0.1, 0.15) is 43.2 Å². The van der Waals surface area contributed by atoms with E-state index < -0.39 is 9.84 Å². The zero-order valence-electron chi connectivity index (χ0n) is 17.2. The van der Waals surface area contributed by atoms with Crippen LogP contribution in [-0.2, 0) is 16.3 Å². The molecule has 0 bridgehead atoms. The predicted octanol–water partition coefficient (Wildman–Crippen LogP) is 6.84. The summed E-state index contributed by atoms with van der Waals surface area (Å²) in [5.41, 5.74) is 4.27. The Kier molecular flexibility index (Phi) is 5.83. The molecule has 0 unspecified atom stereocenters. The van der Waals surface area contributed by atoms with Crippen molar-refractivity contribution in [3.05, 3.63) is 70.6 Å². The summed E-state index contributed by atoms with van der Waals surface area (Å²) < 4.78 is 27.5. The third-order valence-corrected chi connectivity index (χ3v) is 8.67. The van der Waals surface area contributed by atoms with Crippen molar-refractivity contribution in [3.8, 4) is 11.1 Å². The van der Waals surface area contributed by atoms with Gasteiger partial charge in [0.15, 0.2) is 0 Å². The number of hydrogen-bond acceptors (Lipinski definition) is 3. The number of sulfone groups is 1. The first-order chi connectivity index (χ1) is 13.1. The monoisotopic (exact) mass is 412 g/mol. The van der Waals surface area contributed by atoms with Gasteiger partial charge in [0.25, 0.3) is 0 Å². The molecule has 2 aromatic carbocycles. The maximum absolute atomic E-state index is 13.5. The maximum atomic E-state index is 13.5. The number of aryl methyl sites for hydroxylation is 2. The van der Waals surface area contributed by atoms with Gasteiger partial charge in [0.2, 0.25) is 9.84 Å². The van der Waals surface area contributed by atoms with Crippen LogP contribution in [0.2, 0.25) is 0 Å². The van der Waals surface area contributed by atoms with E-state index in [0.29, 0.717) is 9.10 Å². The second-order valence-corrected chi connectivity index (χ2v) is 11.8. The lowest BCUT2D eigenvalue weighted by molar-refractivity contribution is 0.379. The molecule has 3 rings (SSSR count). The summed E-state index contributed by atoms with van der Waals surface area (Å²) in [6.07, 6.45) is 1.91. The second-order valence-electron chi connectivity index (χ2n) is 8.50. The summed E-state index contributed by atoms with van der Waals surface area (Å²) in [5.74, 6) is 0. The molecule has 0 spiro atoms. The van der Waals surface area contributed by atoms with Crippen molar-refractivity contribution in [1.29, 1.82) is 0 Å². The standard InChI is InChI=1S/C24H28O2S2/c1-17-11-9-10-14-20(17)22-18(2)21(15-16-24(3,4)5)27-23(22)28(25,26)19-12-7-6-8-13-19/h6-14H,15-16H2,1-5H3. The number of thiophene rings is 1. The van der Waals surface area contributed by atoms with Gasteiger partial charge in [-0.25, -0.2) is 8.42 Å². The molecule has 148 valence electrons. The molecule has 1 aromatic heterocycles. The van der Waals surface area contributed by atoms with Crippen LogP contribution in [0.3, 0.4) is 0 Å². The van der Waals surface area contributed by atoms with Gasteiger partial charge in [-0.2, -0.15) is 0 Å². The molecule has 0 aliphatic heterocycles. The van der Waals surface area contributed by atoms with Crippen LogP contribution in [0.5, 0.6) is 0 Å². The molecule has 0 atom stereocenters. The van der Waals surface area contributed by atoms with Gasteiger partial charge in [-0.15, -0.1) is 11.3 Å². The van der Waals surface area contributed by atoms with Crippen LogP contribution >= 0.6 is 11.3 Å². The van der Waals surface area contributed by atoms with Crippen molar-refractivity contribution < 1.29 is 8.42 Å². The molecule has 2 nitrogen and oxygen atoms in total. The zero-order chi connectivity index (χ0) is 20.5. The van der Waals surface area contributed by atoms with E-state index in [9.17, 15) is 8.42 Å². The van der Waals surface area contributed by atoms with Gasteiger partial charge < -0.3 is 0 Å². The van der Waals surface area contributed by atoms with Gasteiger partial charge in [0.1, 0.15) is 4.21 Å². The minimum Gasteiger partial charge on any atom is -0.218 e. The molecule has 1 heterocycles. The summed E-state index contributed by atoms with van der Waals surface area (Å²) in [4.78, 5) is 1.52. The Morgan fingerprint density at radius 3 is 2.11 bits per heavy atom. The largest absolute Gasteiger partial charge is 0.218 e. The minimum absolute atomic E-state index is 0.206. The van der Waals surface area contributed by atoms with Crippen molar-refractivity contribution in [2.45, 2.75) is 56.6 Å². The quantitative estimate of drug-likeness (QED) is 0.459. The van der Waals surface area contributed by atoms with Crippen molar-refractivity contribution in [1.82, 2.24) is 0 Å². The summed E-state index contributed by atoms with van der Waals surface area (Å²) in [6, 6.07) is 16.8. The highest BCUT2D eigenvalue weighted by atomic mass is 32.2. The highest BCUT2D eigenvalue weighted by molar-refractivity contribution is 7.93. The van der Waals surface area contributed by atoms with E-state index in [-0.39, 0.29) is 5.41 Å². The molecule has 0 radical (unpaired) electrons. The molecule has 0 aliphatic rings. The average Bonchev–Trinajstić information content (AvgIpc) is 2.98. The fraction of sp³-hybridized carbons (Fsp3) is 0.333. The summed E-state index contributed by atoms with van der Waals surface area (Å²) in [5, 5.41) is 0. The van der Waals surface area contributed by atoms with Gasteiger partial charge in [-0.1, -0.05) is 63.2 Å². The number of benzene rings is 2. The highest BCUT2D eigenvalue weighted by Crippen LogP contribution is 2.43. The number of rotatable bonds is 5. The van der Waals surface area contributed by atoms with Gasteiger partial charge in [0.05, 0.1) is 4.90 Å². The van der Waals surface area contributed by atoms with E-state index in [1.807, 2.05) is 37.3 Å². The third kappa shape index (κ3) is 4.23. The summed E-state index contributed by atoms with van der Waals surface area (Å²) >= 11 is 1.44. The Morgan fingerprint density at radius 1 is 0.893 bits per heavy atom. The fourth-order valence-corrected chi connectivity index (χ4v) is 6.66. The van der Waals surface area contributed by atoms with Crippen LogP contribution in [0, 0.1) is 19.3 Å². The molecular weight excluding hydrogens is 384 g/mol. The maximum Gasteiger partial charge on any atom is 0.216 e. The second kappa shape index (κ2) is 7.84. The SMILES string of the molecule is Cc1ccccc1-c1c(S(=O)(=O)c2ccccc2)sc(CCC(C)(C)C)c1C. The first-order valence-corrected chi connectivity index (χ1v) is 11.9. The van der Waals surface area contributed by atoms with Crippen LogP contribution in [-0.4, -0.2) is 8.42 Å². The molecule has 0 saturated carbocycles. The number of hydrogen-bond donors (Lipinski definition) is 0. The van der Waals surface area contributed by atoms with E-state index in [1.165, 1.54) is 16.2 Å². The molecule has 4 heteroatoms. The Hall–Kier alpha value is -1.91. The van der Waals surface area contributed by atoms with Gasteiger partial charge >= 0.3 is 0 Å². The third-order valence-electron chi connectivity index (χ3n) is 5.03. The summed E-state index contributed by atoms with van der Waals surface area (Å²) in [6.45, 7) is 10.8. The topological polar surface area (TPSA) is 34.1 Å². The predicted molar refractivity (Wildman–Crippen MR) is 119 cm³/mol. The van der Waals surface area contributed by atoms with Crippen LogP contribution in [0.25, 0.3) is 11.1 Å². The molecule has 3 aromatic rings. The molecular formula is C24H28O2S2. The van der Waals surface area contributed by atoms with E-state index in [2.05, 4.69) is 27.7 Å². The Balaban J connectivity index is 2.22. The Labute approximate surface area is 173 Å². The highest BCUT2D eigenvalue weighted by Gasteiger charge is 2.28. The van der Waals surface area contributed by atoms with Crippen LogP contribution < -0.4 is 0 Å². The van der Waals surface area contributed by atoms with Crippen molar-refractivity contribution in [2.24, 2.45) is 5.41 Å². The van der Waals surface area contributed by atoms with Gasteiger partial charge in [-0.3, -0.25) is 0 Å². The van der Waals surface area contributed by atoms with Crippen LogP contribution in [0.4, 0.5) is 0 Å². The fourth-order valence-electron chi connectivity index (χ4n) is 3.32. The smallest absolute Gasteiger partial charge is 0.216 e. The van der Waals surface area contributed by atoms with Crippen molar-refractivity contribution in [3.63, 3.8) is 0 Å².